The third kappa shape index (κ3) is 5.08. The lowest BCUT2D eigenvalue weighted by Gasteiger charge is -2.25. The van der Waals surface area contributed by atoms with Gasteiger partial charge in [0.25, 0.3) is 5.91 Å². The van der Waals surface area contributed by atoms with Gasteiger partial charge < -0.3 is 14.4 Å². The number of rotatable bonds is 7. The molecule has 0 bridgehead atoms. The molecule has 5 heteroatoms. The van der Waals surface area contributed by atoms with Gasteiger partial charge >= 0.3 is 5.97 Å². The van der Waals surface area contributed by atoms with Crippen LogP contribution in [-0.4, -0.2) is 37.5 Å². The van der Waals surface area contributed by atoms with Gasteiger partial charge in [-0.05, 0) is 29.8 Å². The van der Waals surface area contributed by atoms with Crippen molar-refractivity contribution in [3.8, 4) is 5.75 Å². The van der Waals surface area contributed by atoms with Crippen LogP contribution in [0.15, 0.2) is 54.6 Å². The minimum absolute atomic E-state index is 0.118. The number of nitrogens with zero attached hydrogens (tertiary/aromatic N) is 1. The summed E-state index contributed by atoms with van der Waals surface area (Å²) >= 11 is 0. The Bertz CT molecular complexity index is 697. The number of hydrogen-bond donors (Lipinski definition) is 0. The molecule has 0 aliphatic rings. The molecule has 0 aromatic heterocycles. The van der Waals surface area contributed by atoms with Gasteiger partial charge in [-0.2, -0.15) is 0 Å². The van der Waals surface area contributed by atoms with Crippen molar-refractivity contribution in [2.75, 3.05) is 20.8 Å². The van der Waals surface area contributed by atoms with E-state index in [0.29, 0.717) is 12.1 Å². The largest absolute Gasteiger partial charge is 0.497 e. The van der Waals surface area contributed by atoms with Gasteiger partial charge in [0.2, 0.25) is 0 Å². The molecule has 0 N–H and O–H groups in total. The average Bonchev–Trinajstić information content (AvgIpc) is 2.67. The van der Waals surface area contributed by atoms with Gasteiger partial charge in [0, 0.05) is 18.7 Å². The molecule has 25 heavy (non-hydrogen) atoms. The Labute approximate surface area is 148 Å². The van der Waals surface area contributed by atoms with Crippen molar-refractivity contribution in [2.24, 2.45) is 5.92 Å². The summed E-state index contributed by atoms with van der Waals surface area (Å²) in [6, 6.07) is 16.6. The second-order valence-electron chi connectivity index (χ2n) is 5.82. The summed E-state index contributed by atoms with van der Waals surface area (Å²) in [4.78, 5) is 26.3. The van der Waals surface area contributed by atoms with Crippen LogP contribution in [0.3, 0.4) is 0 Å². The first-order chi connectivity index (χ1) is 12.0. The van der Waals surface area contributed by atoms with Crippen molar-refractivity contribution in [3.63, 3.8) is 0 Å². The molecule has 2 rings (SSSR count). The van der Waals surface area contributed by atoms with Crippen molar-refractivity contribution in [3.05, 3.63) is 65.7 Å². The third-order valence-corrected chi connectivity index (χ3v) is 3.94. The van der Waals surface area contributed by atoms with E-state index in [9.17, 15) is 9.59 Å². The van der Waals surface area contributed by atoms with Gasteiger partial charge in [0.05, 0.1) is 20.1 Å². The molecular weight excluding hydrogens is 318 g/mol. The summed E-state index contributed by atoms with van der Waals surface area (Å²) in [6.45, 7) is 2.44. The maximum atomic E-state index is 12.9. The number of esters is 1. The Hall–Kier alpha value is -2.82. The number of amides is 1. The van der Waals surface area contributed by atoms with Crippen molar-refractivity contribution in [2.45, 2.75) is 13.5 Å². The predicted octanol–water partition coefficient (Wildman–Crippen LogP) is 3.15. The number of methoxy groups -OCH3 is 2. The predicted molar refractivity (Wildman–Crippen MR) is 95.4 cm³/mol. The molecule has 0 aliphatic carbocycles. The van der Waals surface area contributed by atoms with E-state index in [4.69, 9.17) is 9.47 Å². The zero-order valence-corrected chi connectivity index (χ0v) is 14.8. The Morgan fingerprint density at radius 3 is 2.20 bits per heavy atom. The van der Waals surface area contributed by atoms with E-state index < -0.39 is 5.92 Å². The molecule has 0 radical (unpaired) electrons. The first-order valence-corrected chi connectivity index (χ1v) is 8.10. The smallest absolute Gasteiger partial charge is 0.310 e. The fraction of sp³-hybridized carbons (Fsp3) is 0.300. The molecule has 1 amide bonds. The normalized spacial score (nSPS) is 11.5. The number of ether oxygens (including phenoxy) is 2. The summed E-state index contributed by atoms with van der Waals surface area (Å²) in [5.41, 5.74) is 1.55. The summed E-state index contributed by atoms with van der Waals surface area (Å²) in [5, 5.41) is 0. The van der Waals surface area contributed by atoms with Gasteiger partial charge in [0.1, 0.15) is 5.75 Å². The Kier molecular flexibility index (Phi) is 6.57. The fourth-order valence-electron chi connectivity index (χ4n) is 2.54. The van der Waals surface area contributed by atoms with Gasteiger partial charge in [-0.1, -0.05) is 37.3 Å². The van der Waals surface area contributed by atoms with Crippen LogP contribution in [0.1, 0.15) is 22.8 Å². The molecule has 2 aromatic rings. The molecule has 1 atom stereocenters. The van der Waals surface area contributed by atoms with E-state index in [1.54, 1.807) is 31.1 Å². The van der Waals surface area contributed by atoms with E-state index >= 15 is 0 Å². The Morgan fingerprint density at radius 1 is 1.00 bits per heavy atom. The molecule has 2 aromatic carbocycles. The van der Waals surface area contributed by atoms with E-state index in [2.05, 4.69) is 0 Å². The topological polar surface area (TPSA) is 55.8 Å². The van der Waals surface area contributed by atoms with E-state index in [1.807, 2.05) is 42.5 Å². The van der Waals surface area contributed by atoms with Gasteiger partial charge in [-0.3, -0.25) is 9.59 Å². The molecule has 0 spiro atoms. The van der Waals surface area contributed by atoms with Crippen molar-refractivity contribution < 1.29 is 19.1 Å². The summed E-state index contributed by atoms with van der Waals surface area (Å²) < 4.78 is 9.95. The molecule has 0 saturated heterocycles. The quantitative estimate of drug-likeness (QED) is 0.726. The van der Waals surface area contributed by atoms with E-state index in [-0.39, 0.29) is 18.4 Å². The zero-order chi connectivity index (χ0) is 18.2. The molecule has 132 valence electrons. The summed E-state index contributed by atoms with van der Waals surface area (Å²) in [5.74, 6) is -0.101. The molecule has 1 unspecified atom stereocenters. The monoisotopic (exact) mass is 341 g/mol. The Balaban J connectivity index is 2.21. The van der Waals surface area contributed by atoms with Crippen LogP contribution < -0.4 is 4.74 Å². The fourth-order valence-corrected chi connectivity index (χ4v) is 2.54. The summed E-state index contributed by atoms with van der Waals surface area (Å²) in [6.07, 6.45) is 0. The van der Waals surface area contributed by atoms with E-state index in [1.165, 1.54) is 7.11 Å². The highest BCUT2D eigenvalue weighted by molar-refractivity contribution is 5.94. The molecule has 0 heterocycles. The van der Waals surface area contributed by atoms with Crippen LogP contribution in [-0.2, 0) is 16.1 Å². The maximum Gasteiger partial charge on any atom is 0.310 e. The Morgan fingerprint density at radius 2 is 1.64 bits per heavy atom. The van der Waals surface area contributed by atoms with E-state index in [0.717, 1.165) is 11.3 Å². The molecule has 5 nitrogen and oxygen atoms in total. The lowest BCUT2D eigenvalue weighted by atomic mass is 10.1. The van der Waals surface area contributed by atoms with Gasteiger partial charge in [-0.25, -0.2) is 0 Å². The molecule has 0 aliphatic heterocycles. The van der Waals surface area contributed by atoms with Crippen molar-refractivity contribution >= 4 is 11.9 Å². The van der Waals surface area contributed by atoms with Crippen molar-refractivity contribution in [1.29, 1.82) is 0 Å². The third-order valence-electron chi connectivity index (χ3n) is 3.94. The van der Waals surface area contributed by atoms with Crippen LogP contribution >= 0.6 is 0 Å². The van der Waals surface area contributed by atoms with Crippen LogP contribution in [0.4, 0.5) is 0 Å². The number of benzene rings is 2. The number of carbonyl (C=O) groups excluding carboxylic acids is 2. The van der Waals surface area contributed by atoms with Gasteiger partial charge in [-0.15, -0.1) is 0 Å². The lowest BCUT2D eigenvalue weighted by Crippen LogP contribution is -2.36. The first-order valence-electron chi connectivity index (χ1n) is 8.10. The van der Waals surface area contributed by atoms with Crippen LogP contribution in [0.2, 0.25) is 0 Å². The maximum absolute atomic E-state index is 12.9. The standard InChI is InChI=1S/C20H23NO4/c1-15(20(23)25-3)13-21(19(22)17-7-5-4-6-8-17)14-16-9-11-18(24-2)12-10-16/h4-12,15H,13-14H2,1-3H3. The van der Waals surface area contributed by atoms with Crippen molar-refractivity contribution in [1.82, 2.24) is 4.90 Å². The van der Waals surface area contributed by atoms with Crippen LogP contribution in [0, 0.1) is 5.92 Å². The lowest BCUT2D eigenvalue weighted by molar-refractivity contribution is -0.145. The molecule has 0 saturated carbocycles. The highest BCUT2D eigenvalue weighted by atomic mass is 16.5. The summed E-state index contributed by atoms with van der Waals surface area (Å²) in [7, 11) is 2.96. The highest BCUT2D eigenvalue weighted by Gasteiger charge is 2.22. The first kappa shape index (κ1) is 18.5. The average molecular weight is 341 g/mol. The van der Waals surface area contributed by atoms with Crippen LogP contribution in [0.5, 0.6) is 5.75 Å². The van der Waals surface area contributed by atoms with Gasteiger partial charge in [0.15, 0.2) is 0 Å². The minimum Gasteiger partial charge on any atom is -0.497 e. The number of hydrogen-bond acceptors (Lipinski definition) is 4. The zero-order valence-electron chi connectivity index (χ0n) is 14.8. The SMILES string of the molecule is COC(=O)C(C)CN(Cc1ccc(OC)cc1)C(=O)c1ccccc1. The highest BCUT2D eigenvalue weighted by Crippen LogP contribution is 2.16. The molecular formula is C20H23NO4. The minimum atomic E-state index is -0.407. The number of carbonyl (C=O) groups is 2. The van der Waals surface area contributed by atoms with Crippen LogP contribution in [0.25, 0.3) is 0 Å². The second kappa shape index (κ2) is 8.87. The second-order valence-corrected chi connectivity index (χ2v) is 5.82. The molecule has 0 fully saturated rings.